The molecule has 0 spiro atoms. The maximum Gasteiger partial charge on any atom is 0.573 e. The Morgan fingerprint density at radius 1 is 1.17 bits per heavy atom. The van der Waals surface area contributed by atoms with Gasteiger partial charge in [-0.1, -0.05) is 12.1 Å². The van der Waals surface area contributed by atoms with Crippen molar-refractivity contribution >= 4 is 5.91 Å². The Labute approximate surface area is 172 Å². The van der Waals surface area contributed by atoms with E-state index in [9.17, 15) is 18.0 Å². The molecule has 0 radical (unpaired) electrons. The summed E-state index contributed by atoms with van der Waals surface area (Å²) >= 11 is 0. The topological polar surface area (TPSA) is 66.7 Å². The molecule has 4 rings (SSSR count). The lowest BCUT2D eigenvalue weighted by atomic mass is 10.2. The van der Waals surface area contributed by atoms with Crippen molar-refractivity contribution in [3.05, 3.63) is 54.0 Å². The fourth-order valence-corrected chi connectivity index (χ4v) is 4.26. The van der Waals surface area contributed by atoms with Gasteiger partial charge < -0.3 is 19.8 Å². The van der Waals surface area contributed by atoms with Gasteiger partial charge in [0.15, 0.2) is 0 Å². The zero-order valence-electron chi connectivity index (χ0n) is 16.3. The van der Waals surface area contributed by atoms with Crippen LogP contribution in [-0.4, -0.2) is 43.3 Å². The van der Waals surface area contributed by atoms with E-state index in [0.717, 1.165) is 31.0 Å². The van der Waals surface area contributed by atoms with E-state index >= 15 is 0 Å². The summed E-state index contributed by atoms with van der Waals surface area (Å²) in [4.78, 5) is 14.2. The maximum absolute atomic E-state index is 12.3. The highest BCUT2D eigenvalue weighted by Gasteiger charge is 2.54. The molecule has 0 bridgehead atoms. The van der Waals surface area contributed by atoms with Crippen molar-refractivity contribution in [3.63, 3.8) is 0 Å². The van der Waals surface area contributed by atoms with Crippen molar-refractivity contribution in [1.82, 2.24) is 15.5 Å². The van der Waals surface area contributed by atoms with Crippen LogP contribution in [-0.2, 0) is 17.9 Å². The second-order valence-corrected chi connectivity index (χ2v) is 7.87. The van der Waals surface area contributed by atoms with Gasteiger partial charge in [0.25, 0.3) is 0 Å². The number of likely N-dealkylation sites (tertiary alicyclic amines) is 1. The molecule has 2 N–H and O–H groups in total. The summed E-state index contributed by atoms with van der Waals surface area (Å²) in [6.07, 6.45) is -3.10. The lowest BCUT2D eigenvalue weighted by molar-refractivity contribution is -0.274. The number of alkyl halides is 3. The monoisotopic (exact) mass is 423 g/mol. The van der Waals surface area contributed by atoms with Crippen LogP contribution < -0.4 is 15.4 Å². The molecule has 1 saturated heterocycles. The SMILES string of the molecule is O=C(CN1CC2C(CNCc3cccc(OC(F)(F)F)c3)C2C1)NCc1ccco1. The fourth-order valence-electron chi connectivity index (χ4n) is 4.26. The first-order chi connectivity index (χ1) is 14.4. The first-order valence-electron chi connectivity index (χ1n) is 9.94. The van der Waals surface area contributed by atoms with Crippen LogP contribution >= 0.6 is 0 Å². The number of hydrogen-bond donors (Lipinski definition) is 2. The second kappa shape index (κ2) is 8.69. The Kier molecular flexibility index (Phi) is 6.01. The first kappa shape index (κ1) is 20.7. The fraction of sp³-hybridized carbons (Fsp3) is 0.476. The average molecular weight is 423 g/mol. The van der Waals surface area contributed by atoms with Crippen molar-refractivity contribution < 1.29 is 27.1 Å². The molecule has 6 nitrogen and oxygen atoms in total. The third kappa shape index (κ3) is 5.54. The van der Waals surface area contributed by atoms with E-state index in [1.165, 1.54) is 12.1 Å². The Hall–Kier alpha value is -2.52. The quantitative estimate of drug-likeness (QED) is 0.649. The Bertz CT molecular complexity index is 845. The minimum atomic E-state index is -4.68. The van der Waals surface area contributed by atoms with Gasteiger partial charge in [-0.05, 0) is 54.1 Å². The predicted octanol–water partition coefficient (Wildman–Crippen LogP) is 2.76. The molecule has 2 fully saturated rings. The van der Waals surface area contributed by atoms with Crippen molar-refractivity contribution in [2.24, 2.45) is 17.8 Å². The summed E-state index contributed by atoms with van der Waals surface area (Å²) in [6, 6.07) is 9.63. The van der Waals surface area contributed by atoms with Gasteiger partial charge in [-0.15, -0.1) is 13.2 Å². The first-order valence-corrected chi connectivity index (χ1v) is 9.94. The minimum absolute atomic E-state index is 0.0108. The molecular formula is C21H24F3N3O3. The van der Waals surface area contributed by atoms with Gasteiger partial charge in [-0.25, -0.2) is 0 Å². The van der Waals surface area contributed by atoms with Gasteiger partial charge in [-0.3, -0.25) is 9.69 Å². The van der Waals surface area contributed by atoms with Gasteiger partial charge in [0, 0.05) is 19.6 Å². The van der Waals surface area contributed by atoms with E-state index in [1.807, 2.05) is 6.07 Å². The maximum atomic E-state index is 12.3. The number of nitrogens with one attached hydrogen (secondary N) is 2. The number of furan rings is 1. The van der Waals surface area contributed by atoms with E-state index in [2.05, 4.69) is 20.3 Å². The third-order valence-corrected chi connectivity index (χ3v) is 5.70. The van der Waals surface area contributed by atoms with Crippen LogP contribution in [0.3, 0.4) is 0 Å². The summed E-state index contributed by atoms with van der Waals surface area (Å²) in [5, 5.41) is 6.19. The molecule has 162 valence electrons. The van der Waals surface area contributed by atoms with Crippen molar-refractivity contribution in [1.29, 1.82) is 0 Å². The second-order valence-electron chi connectivity index (χ2n) is 7.87. The van der Waals surface area contributed by atoms with Crippen molar-refractivity contribution in [2.75, 3.05) is 26.2 Å². The smallest absolute Gasteiger partial charge is 0.467 e. The van der Waals surface area contributed by atoms with Crippen LogP contribution in [0.15, 0.2) is 47.1 Å². The van der Waals surface area contributed by atoms with Gasteiger partial charge in [0.1, 0.15) is 11.5 Å². The number of hydrogen-bond acceptors (Lipinski definition) is 5. The van der Waals surface area contributed by atoms with Crippen LogP contribution in [0, 0.1) is 17.8 Å². The molecule has 1 amide bonds. The number of nitrogens with zero attached hydrogens (tertiary/aromatic N) is 1. The highest BCUT2D eigenvalue weighted by atomic mass is 19.4. The molecule has 1 aliphatic heterocycles. The summed E-state index contributed by atoms with van der Waals surface area (Å²) in [7, 11) is 0. The number of benzene rings is 1. The van der Waals surface area contributed by atoms with Gasteiger partial charge in [0.05, 0.1) is 19.4 Å². The molecule has 2 heterocycles. The molecule has 1 aliphatic carbocycles. The molecule has 1 aromatic heterocycles. The summed E-state index contributed by atoms with van der Waals surface area (Å²) in [6.45, 7) is 3.90. The van der Waals surface area contributed by atoms with E-state index in [4.69, 9.17) is 4.42 Å². The number of carbonyl (C=O) groups is 1. The van der Waals surface area contributed by atoms with Gasteiger partial charge >= 0.3 is 6.36 Å². The van der Waals surface area contributed by atoms with Crippen LogP contribution in [0.2, 0.25) is 0 Å². The zero-order valence-corrected chi connectivity index (χ0v) is 16.3. The van der Waals surface area contributed by atoms with Crippen molar-refractivity contribution in [3.8, 4) is 5.75 Å². The highest BCUT2D eigenvalue weighted by molar-refractivity contribution is 5.78. The molecule has 2 atom stereocenters. The standard InChI is InChI=1S/C21H24F3N3O3/c22-21(23,24)30-15-4-1-3-14(7-15)8-25-10-17-18-11-27(12-19(17)18)13-20(28)26-9-16-5-2-6-29-16/h1-7,17-19,25H,8-13H2,(H,26,28). The van der Waals surface area contributed by atoms with Crippen LogP contribution in [0.1, 0.15) is 11.3 Å². The molecule has 1 aromatic carbocycles. The van der Waals surface area contributed by atoms with E-state index in [1.54, 1.807) is 24.5 Å². The lowest BCUT2D eigenvalue weighted by Crippen LogP contribution is -2.37. The summed E-state index contributed by atoms with van der Waals surface area (Å²) < 4.78 is 46.1. The van der Waals surface area contributed by atoms with Crippen LogP contribution in [0.25, 0.3) is 0 Å². The summed E-state index contributed by atoms with van der Waals surface area (Å²) in [5.74, 6) is 2.23. The lowest BCUT2D eigenvalue weighted by Gasteiger charge is -2.19. The Morgan fingerprint density at radius 2 is 1.97 bits per heavy atom. The minimum Gasteiger partial charge on any atom is -0.467 e. The normalized spacial score (nSPS) is 23.2. The summed E-state index contributed by atoms with van der Waals surface area (Å²) in [5.41, 5.74) is 0.748. The van der Waals surface area contributed by atoms with E-state index < -0.39 is 6.36 Å². The molecule has 2 aliphatic rings. The van der Waals surface area contributed by atoms with Crippen molar-refractivity contribution in [2.45, 2.75) is 19.5 Å². The Morgan fingerprint density at radius 3 is 2.67 bits per heavy atom. The average Bonchev–Trinajstić information content (AvgIpc) is 3.07. The number of carbonyl (C=O) groups excluding carboxylic acids is 1. The number of rotatable bonds is 9. The van der Waals surface area contributed by atoms with Gasteiger partial charge in [-0.2, -0.15) is 0 Å². The number of ether oxygens (including phenoxy) is 1. The largest absolute Gasteiger partial charge is 0.573 e. The Balaban J connectivity index is 1.13. The zero-order chi connectivity index (χ0) is 21.1. The number of halogens is 3. The molecule has 1 saturated carbocycles. The van der Waals surface area contributed by atoms with Crippen LogP contribution in [0.5, 0.6) is 5.75 Å². The molecule has 2 unspecified atom stereocenters. The molecule has 30 heavy (non-hydrogen) atoms. The van der Waals surface area contributed by atoms with Crippen LogP contribution in [0.4, 0.5) is 13.2 Å². The molecular weight excluding hydrogens is 399 g/mol. The molecule has 2 aromatic rings. The molecule has 9 heteroatoms. The third-order valence-electron chi connectivity index (χ3n) is 5.70. The van der Waals surface area contributed by atoms with Gasteiger partial charge in [0.2, 0.25) is 5.91 Å². The number of amides is 1. The van der Waals surface area contributed by atoms with E-state index in [-0.39, 0.29) is 11.7 Å². The number of fused-ring (bicyclic) bond motifs is 1. The van der Waals surface area contributed by atoms with E-state index in [0.29, 0.717) is 37.4 Å². The predicted molar refractivity (Wildman–Crippen MR) is 102 cm³/mol. The number of piperidine rings is 1. The highest BCUT2D eigenvalue weighted by Crippen LogP contribution is 2.51.